The van der Waals surface area contributed by atoms with E-state index in [0.717, 1.165) is 11.4 Å². The number of aromatic nitrogens is 6. The van der Waals surface area contributed by atoms with Gasteiger partial charge in [-0.05, 0) is 10.4 Å². The maximum absolute atomic E-state index is 12.5. The quantitative estimate of drug-likeness (QED) is 0.456. The molecule has 0 bridgehead atoms. The molecule has 33 heavy (non-hydrogen) atoms. The molecule has 2 amide bonds. The van der Waals surface area contributed by atoms with Gasteiger partial charge in [0.15, 0.2) is 5.82 Å². The Labute approximate surface area is 191 Å². The topological polar surface area (TPSA) is 134 Å². The number of nitrogens with zero attached hydrogens (tertiary/aromatic N) is 8. The van der Waals surface area contributed by atoms with Gasteiger partial charge in [0.1, 0.15) is 24.5 Å². The van der Waals surface area contributed by atoms with E-state index in [0.29, 0.717) is 50.9 Å². The maximum atomic E-state index is 12.5. The Morgan fingerprint density at radius 2 is 1.82 bits per heavy atom. The standard InChI is InChI=1S/C21H26N10O2/c1-16(32)22-7-8-23-18-13-19(26-21(25-18)17-5-3-2-4-6-17)29-9-11-30(12-10-29)20(33)14-31-15-24-27-28-31/h2-6,13,15H,7-12,14H2,1H3,(H,22,32)(H,23,25,26). The van der Waals surface area contributed by atoms with Crippen molar-refractivity contribution in [2.75, 3.05) is 49.5 Å². The first kappa shape index (κ1) is 22.1. The molecule has 4 rings (SSSR count). The number of tetrazole rings is 1. The lowest BCUT2D eigenvalue weighted by Crippen LogP contribution is -2.50. The summed E-state index contributed by atoms with van der Waals surface area (Å²) >= 11 is 0. The Bertz CT molecular complexity index is 1070. The van der Waals surface area contributed by atoms with Crippen molar-refractivity contribution in [1.29, 1.82) is 0 Å². The molecule has 1 fully saturated rings. The number of benzene rings is 1. The van der Waals surface area contributed by atoms with Crippen LogP contribution in [0.5, 0.6) is 0 Å². The lowest BCUT2D eigenvalue weighted by Gasteiger charge is -2.35. The van der Waals surface area contributed by atoms with Crippen LogP contribution in [0.2, 0.25) is 0 Å². The van der Waals surface area contributed by atoms with E-state index in [4.69, 9.17) is 4.98 Å². The Morgan fingerprint density at radius 3 is 2.52 bits per heavy atom. The SMILES string of the molecule is CC(=O)NCCNc1cc(N2CCN(C(=O)Cn3cnnn3)CC2)nc(-c2ccccc2)n1. The van der Waals surface area contributed by atoms with Crippen molar-refractivity contribution in [3.63, 3.8) is 0 Å². The van der Waals surface area contributed by atoms with Gasteiger partial charge >= 0.3 is 0 Å². The maximum Gasteiger partial charge on any atom is 0.244 e. The number of amides is 2. The number of carbonyl (C=O) groups excluding carboxylic acids is 2. The fourth-order valence-electron chi connectivity index (χ4n) is 3.51. The molecular weight excluding hydrogens is 424 g/mol. The molecule has 1 saturated heterocycles. The first-order chi connectivity index (χ1) is 16.1. The van der Waals surface area contributed by atoms with Crippen LogP contribution in [0.25, 0.3) is 11.4 Å². The number of hydrogen-bond acceptors (Lipinski definition) is 9. The van der Waals surface area contributed by atoms with Crippen LogP contribution >= 0.6 is 0 Å². The summed E-state index contributed by atoms with van der Waals surface area (Å²) in [7, 11) is 0. The Morgan fingerprint density at radius 1 is 1.03 bits per heavy atom. The zero-order valence-corrected chi connectivity index (χ0v) is 18.4. The molecule has 0 unspecified atom stereocenters. The van der Waals surface area contributed by atoms with Crippen LogP contribution in [0.3, 0.4) is 0 Å². The van der Waals surface area contributed by atoms with Crippen molar-refractivity contribution in [3.05, 3.63) is 42.7 Å². The summed E-state index contributed by atoms with van der Waals surface area (Å²) < 4.78 is 1.42. The third kappa shape index (κ3) is 5.99. The van der Waals surface area contributed by atoms with Gasteiger partial charge in [0.2, 0.25) is 11.8 Å². The molecule has 2 aromatic heterocycles. The van der Waals surface area contributed by atoms with Crippen LogP contribution in [0, 0.1) is 0 Å². The van der Waals surface area contributed by atoms with Crippen LogP contribution in [-0.2, 0) is 16.1 Å². The summed E-state index contributed by atoms with van der Waals surface area (Å²) in [6, 6.07) is 11.7. The first-order valence-corrected chi connectivity index (χ1v) is 10.7. The Balaban J connectivity index is 1.45. The number of rotatable bonds is 8. The van der Waals surface area contributed by atoms with E-state index in [1.807, 2.05) is 41.3 Å². The molecule has 172 valence electrons. The molecular formula is C21H26N10O2. The van der Waals surface area contributed by atoms with E-state index in [2.05, 4.69) is 36.0 Å². The molecule has 12 nitrogen and oxygen atoms in total. The van der Waals surface area contributed by atoms with E-state index >= 15 is 0 Å². The van der Waals surface area contributed by atoms with E-state index in [1.165, 1.54) is 17.9 Å². The average molecular weight is 451 g/mol. The average Bonchev–Trinajstić information content (AvgIpc) is 3.35. The highest BCUT2D eigenvalue weighted by molar-refractivity contribution is 5.76. The number of carbonyl (C=O) groups is 2. The largest absolute Gasteiger partial charge is 0.368 e. The summed E-state index contributed by atoms with van der Waals surface area (Å²) in [6.07, 6.45) is 1.43. The fraction of sp³-hybridized carbons (Fsp3) is 0.381. The van der Waals surface area contributed by atoms with Gasteiger partial charge in [-0.2, -0.15) is 0 Å². The Kier molecular flexibility index (Phi) is 7.03. The highest BCUT2D eigenvalue weighted by Gasteiger charge is 2.23. The molecule has 2 N–H and O–H groups in total. The summed E-state index contributed by atoms with van der Waals surface area (Å²) in [5, 5.41) is 16.9. The molecule has 0 spiro atoms. The van der Waals surface area contributed by atoms with E-state index in [9.17, 15) is 9.59 Å². The normalized spacial score (nSPS) is 13.6. The second-order valence-electron chi connectivity index (χ2n) is 7.59. The van der Waals surface area contributed by atoms with Crippen molar-refractivity contribution in [2.24, 2.45) is 0 Å². The second kappa shape index (κ2) is 10.5. The third-order valence-corrected chi connectivity index (χ3v) is 5.19. The minimum Gasteiger partial charge on any atom is -0.368 e. The van der Waals surface area contributed by atoms with Gasteiger partial charge in [0.25, 0.3) is 0 Å². The highest BCUT2D eigenvalue weighted by atomic mass is 16.2. The van der Waals surface area contributed by atoms with Crippen molar-refractivity contribution in [2.45, 2.75) is 13.5 Å². The van der Waals surface area contributed by atoms with Crippen LogP contribution in [0.15, 0.2) is 42.7 Å². The number of nitrogens with one attached hydrogen (secondary N) is 2. The molecule has 1 aromatic carbocycles. The molecule has 0 radical (unpaired) electrons. The van der Waals surface area contributed by atoms with Crippen LogP contribution in [-0.4, -0.2) is 86.2 Å². The van der Waals surface area contributed by atoms with Gasteiger partial charge in [-0.3, -0.25) is 9.59 Å². The molecule has 3 aromatic rings. The van der Waals surface area contributed by atoms with Gasteiger partial charge in [-0.15, -0.1) is 5.10 Å². The summed E-state index contributed by atoms with van der Waals surface area (Å²) in [6.45, 7) is 5.12. The van der Waals surface area contributed by atoms with Crippen LogP contribution < -0.4 is 15.5 Å². The van der Waals surface area contributed by atoms with Crippen molar-refractivity contribution in [1.82, 2.24) is 40.4 Å². The minimum atomic E-state index is -0.0716. The molecule has 0 aliphatic carbocycles. The van der Waals surface area contributed by atoms with Gasteiger partial charge in [0, 0.05) is 57.8 Å². The fourth-order valence-corrected chi connectivity index (χ4v) is 3.51. The molecule has 1 aliphatic heterocycles. The molecule has 12 heteroatoms. The second-order valence-corrected chi connectivity index (χ2v) is 7.59. The first-order valence-electron chi connectivity index (χ1n) is 10.7. The summed E-state index contributed by atoms with van der Waals surface area (Å²) in [4.78, 5) is 37.0. The van der Waals surface area contributed by atoms with Crippen molar-refractivity contribution >= 4 is 23.5 Å². The third-order valence-electron chi connectivity index (χ3n) is 5.19. The lowest BCUT2D eigenvalue weighted by atomic mass is 10.2. The van der Waals surface area contributed by atoms with E-state index in [-0.39, 0.29) is 18.4 Å². The molecule has 1 aliphatic rings. The molecule has 3 heterocycles. The zero-order chi connectivity index (χ0) is 23.0. The van der Waals surface area contributed by atoms with Crippen molar-refractivity contribution < 1.29 is 9.59 Å². The van der Waals surface area contributed by atoms with Gasteiger partial charge in [-0.1, -0.05) is 30.3 Å². The van der Waals surface area contributed by atoms with Crippen molar-refractivity contribution in [3.8, 4) is 11.4 Å². The zero-order valence-electron chi connectivity index (χ0n) is 18.4. The summed E-state index contributed by atoms with van der Waals surface area (Å²) in [5.74, 6) is 2.00. The highest BCUT2D eigenvalue weighted by Crippen LogP contribution is 2.23. The van der Waals surface area contributed by atoms with Crippen LogP contribution in [0.1, 0.15) is 6.92 Å². The molecule has 0 atom stereocenters. The van der Waals surface area contributed by atoms with E-state index < -0.39 is 0 Å². The number of hydrogen-bond donors (Lipinski definition) is 2. The van der Waals surface area contributed by atoms with Crippen LogP contribution in [0.4, 0.5) is 11.6 Å². The van der Waals surface area contributed by atoms with E-state index in [1.54, 1.807) is 0 Å². The predicted molar refractivity (Wildman–Crippen MR) is 121 cm³/mol. The number of anilines is 2. The summed E-state index contributed by atoms with van der Waals surface area (Å²) in [5.41, 5.74) is 0.916. The smallest absolute Gasteiger partial charge is 0.244 e. The minimum absolute atomic E-state index is 0.0186. The van der Waals surface area contributed by atoms with Gasteiger partial charge < -0.3 is 20.4 Å². The van der Waals surface area contributed by atoms with Gasteiger partial charge in [0.05, 0.1) is 0 Å². The number of piperazine rings is 1. The van der Waals surface area contributed by atoms with Gasteiger partial charge in [-0.25, -0.2) is 14.6 Å². The monoisotopic (exact) mass is 450 g/mol. The lowest BCUT2D eigenvalue weighted by molar-refractivity contribution is -0.132. The Hall–Kier alpha value is -4.09. The predicted octanol–water partition coefficient (Wildman–Crippen LogP) is 0.0269. The molecule has 0 saturated carbocycles.